The van der Waals surface area contributed by atoms with Crippen molar-refractivity contribution in [2.45, 2.75) is 13.8 Å². The SMILES string of the molecule is Cc1ccc(OP(=O)(O)c2ccc(C)cc2)cc1. The van der Waals surface area contributed by atoms with Gasteiger partial charge in [-0.3, -0.25) is 0 Å². The zero-order chi connectivity index (χ0) is 13.2. The van der Waals surface area contributed by atoms with Crippen LogP contribution in [0.3, 0.4) is 0 Å². The fourth-order valence-electron chi connectivity index (χ4n) is 1.53. The van der Waals surface area contributed by atoms with E-state index in [0.29, 0.717) is 11.1 Å². The topological polar surface area (TPSA) is 46.5 Å². The largest absolute Gasteiger partial charge is 0.421 e. The number of rotatable bonds is 3. The van der Waals surface area contributed by atoms with Crippen LogP contribution >= 0.6 is 7.60 Å². The van der Waals surface area contributed by atoms with Gasteiger partial charge in [-0.2, -0.15) is 0 Å². The lowest BCUT2D eigenvalue weighted by Crippen LogP contribution is -2.08. The maximum absolute atomic E-state index is 12.1. The fourth-order valence-corrected chi connectivity index (χ4v) is 2.57. The Kier molecular flexibility index (Phi) is 3.55. The van der Waals surface area contributed by atoms with E-state index in [1.54, 1.807) is 36.4 Å². The van der Waals surface area contributed by atoms with Crippen molar-refractivity contribution in [1.82, 2.24) is 0 Å². The Balaban J connectivity index is 2.24. The molecule has 0 heterocycles. The van der Waals surface area contributed by atoms with Crippen molar-refractivity contribution in [3.63, 3.8) is 0 Å². The van der Waals surface area contributed by atoms with Crippen LogP contribution < -0.4 is 9.83 Å². The van der Waals surface area contributed by atoms with Crippen molar-refractivity contribution in [3.8, 4) is 5.75 Å². The molecule has 0 aliphatic heterocycles. The van der Waals surface area contributed by atoms with Crippen molar-refractivity contribution in [3.05, 3.63) is 59.7 Å². The first-order chi connectivity index (χ1) is 8.47. The first kappa shape index (κ1) is 12.9. The minimum absolute atomic E-state index is 0.300. The minimum atomic E-state index is -3.80. The highest BCUT2D eigenvalue weighted by Crippen LogP contribution is 2.41. The molecule has 0 bridgehead atoms. The third-order valence-electron chi connectivity index (χ3n) is 2.61. The average Bonchev–Trinajstić information content (AvgIpc) is 2.32. The van der Waals surface area contributed by atoms with Gasteiger partial charge in [0.25, 0.3) is 0 Å². The molecule has 0 saturated heterocycles. The standard InChI is InChI=1S/C14H15O3P/c1-11-3-7-13(8-4-11)17-18(15,16)14-9-5-12(2)6-10-14/h3-10H,1-2H3,(H,15,16). The van der Waals surface area contributed by atoms with E-state index in [-0.39, 0.29) is 0 Å². The predicted octanol–water partition coefficient (Wildman–Crippen LogP) is 3.19. The van der Waals surface area contributed by atoms with Gasteiger partial charge in [-0.15, -0.1) is 0 Å². The first-order valence-corrected chi connectivity index (χ1v) is 7.21. The van der Waals surface area contributed by atoms with Crippen LogP contribution in [0.15, 0.2) is 48.5 Å². The van der Waals surface area contributed by atoms with Crippen LogP contribution in [0.4, 0.5) is 0 Å². The van der Waals surface area contributed by atoms with Crippen LogP contribution in [0.25, 0.3) is 0 Å². The Labute approximate surface area is 107 Å². The Morgan fingerprint density at radius 3 is 1.83 bits per heavy atom. The van der Waals surface area contributed by atoms with E-state index in [1.807, 2.05) is 26.0 Å². The quantitative estimate of drug-likeness (QED) is 0.864. The molecule has 0 spiro atoms. The summed E-state index contributed by atoms with van der Waals surface area (Å²) >= 11 is 0. The lowest BCUT2D eigenvalue weighted by atomic mass is 10.2. The zero-order valence-corrected chi connectivity index (χ0v) is 11.2. The summed E-state index contributed by atoms with van der Waals surface area (Å²) in [4.78, 5) is 9.93. The van der Waals surface area contributed by atoms with Gasteiger partial charge >= 0.3 is 7.60 Å². The molecule has 4 heteroatoms. The third kappa shape index (κ3) is 3.00. The monoisotopic (exact) mass is 262 g/mol. The Morgan fingerprint density at radius 2 is 1.33 bits per heavy atom. The number of hydrogen-bond acceptors (Lipinski definition) is 2. The van der Waals surface area contributed by atoms with Gasteiger partial charge in [0.15, 0.2) is 0 Å². The maximum atomic E-state index is 12.1. The van der Waals surface area contributed by atoms with Gasteiger partial charge in [0.05, 0.1) is 5.30 Å². The molecular formula is C14H15O3P. The van der Waals surface area contributed by atoms with E-state index >= 15 is 0 Å². The molecule has 0 radical (unpaired) electrons. The molecule has 2 rings (SSSR count). The molecule has 94 valence electrons. The van der Waals surface area contributed by atoms with Crippen LogP contribution in [0.2, 0.25) is 0 Å². The van der Waals surface area contributed by atoms with Gasteiger partial charge < -0.3 is 9.42 Å². The lowest BCUT2D eigenvalue weighted by Gasteiger charge is -2.13. The van der Waals surface area contributed by atoms with Crippen molar-refractivity contribution in [1.29, 1.82) is 0 Å². The smallest absolute Gasteiger partial charge is 0.408 e. The Hall–Kier alpha value is -1.57. The summed E-state index contributed by atoms with van der Waals surface area (Å²) in [6, 6.07) is 13.9. The summed E-state index contributed by atoms with van der Waals surface area (Å²) in [7, 11) is -3.80. The highest BCUT2D eigenvalue weighted by atomic mass is 31.2. The highest BCUT2D eigenvalue weighted by Gasteiger charge is 2.23. The number of benzene rings is 2. The van der Waals surface area contributed by atoms with Crippen LogP contribution in [0.5, 0.6) is 5.75 Å². The van der Waals surface area contributed by atoms with Crippen molar-refractivity contribution >= 4 is 12.9 Å². The highest BCUT2D eigenvalue weighted by molar-refractivity contribution is 7.61. The molecule has 0 amide bonds. The molecule has 2 aromatic carbocycles. The molecule has 1 atom stereocenters. The summed E-state index contributed by atoms with van der Waals surface area (Å²) in [5.41, 5.74) is 2.11. The molecule has 18 heavy (non-hydrogen) atoms. The summed E-state index contributed by atoms with van der Waals surface area (Å²) in [6.45, 7) is 3.87. The van der Waals surface area contributed by atoms with Gasteiger partial charge in [-0.1, -0.05) is 35.4 Å². The van der Waals surface area contributed by atoms with E-state index in [1.165, 1.54) is 0 Å². The Bertz CT molecular complexity index is 573. The second-order valence-electron chi connectivity index (χ2n) is 4.26. The predicted molar refractivity (Wildman–Crippen MR) is 72.4 cm³/mol. The summed E-state index contributed by atoms with van der Waals surface area (Å²) < 4.78 is 17.3. The molecule has 0 fully saturated rings. The van der Waals surface area contributed by atoms with E-state index < -0.39 is 7.60 Å². The molecule has 0 saturated carbocycles. The molecule has 3 nitrogen and oxygen atoms in total. The van der Waals surface area contributed by atoms with E-state index in [0.717, 1.165) is 11.1 Å². The third-order valence-corrected chi connectivity index (χ3v) is 4.02. The second kappa shape index (κ2) is 4.97. The van der Waals surface area contributed by atoms with Crippen molar-refractivity contribution in [2.75, 3.05) is 0 Å². The molecule has 2 aromatic rings. The molecule has 0 aliphatic carbocycles. The summed E-state index contributed by atoms with van der Waals surface area (Å²) in [5.74, 6) is 0.395. The maximum Gasteiger partial charge on any atom is 0.408 e. The van der Waals surface area contributed by atoms with E-state index in [2.05, 4.69) is 0 Å². The number of aryl methyl sites for hydroxylation is 2. The van der Waals surface area contributed by atoms with Gasteiger partial charge in [-0.05, 0) is 38.1 Å². The minimum Gasteiger partial charge on any atom is -0.421 e. The van der Waals surface area contributed by atoms with E-state index in [4.69, 9.17) is 4.52 Å². The summed E-state index contributed by atoms with van der Waals surface area (Å²) in [6.07, 6.45) is 0. The van der Waals surface area contributed by atoms with Crippen molar-refractivity contribution in [2.24, 2.45) is 0 Å². The first-order valence-electron chi connectivity index (χ1n) is 5.64. The zero-order valence-electron chi connectivity index (χ0n) is 10.3. The van der Waals surface area contributed by atoms with Gasteiger partial charge in [0.1, 0.15) is 5.75 Å². The molecule has 0 aromatic heterocycles. The van der Waals surface area contributed by atoms with Crippen LogP contribution in [-0.2, 0) is 4.57 Å². The van der Waals surface area contributed by atoms with Crippen LogP contribution in [-0.4, -0.2) is 4.89 Å². The van der Waals surface area contributed by atoms with Gasteiger partial charge in [0.2, 0.25) is 0 Å². The normalized spacial score (nSPS) is 13.9. The Morgan fingerprint density at radius 1 is 0.889 bits per heavy atom. The molecule has 0 aliphatic rings. The van der Waals surface area contributed by atoms with Gasteiger partial charge in [-0.25, -0.2) is 4.57 Å². The van der Waals surface area contributed by atoms with E-state index in [9.17, 15) is 9.46 Å². The number of hydrogen-bond donors (Lipinski definition) is 1. The molecule has 1 N–H and O–H groups in total. The average molecular weight is 262 g/mol. The second-order valence-corrected chi connectivity index (χ2v) is 6.00. The van der Waals surface area contributed by atoms with Crippen LogP contribution in [0.1, 0.15) is 11.1 Å². The molecule has 1 unspecified atom stereocenters. The van der Waals surface area contributed by atoms with Crippen molar-refractivity contribution < 1.29 is 14.0 Å². The fraction of sp³-hybridized carbons (Fsp3) is 0.143. The lowest BCUT2D eigenvalue weighted by molar-refractivity contribution is 0.393. The van der Waals surface area contributed by atoms with Gasteiger partial charge in [0, 0.05) is 0 Å². The summed E-state index contributed by atoms with van der Waals surface area (Å²) in [5, 5.41) is 0.300. The van der Waals surface area contributed by atoms with Crippen LogP contribution in [0, 0.1) is 13.8 Å². The molecular weight excluding hydrogens is 247 g/mol.